The van der Waals surface area contributed by atoms with E-state index in [1.54, 1.807) is 0 Å². The van der Waals surface area contributed by atoms with E-state index in [-0.39, 0.29) is 18.1 Å². The number of methoxy groups -OCH3 is 1. The van der Waals surface area contributed by atoms with Crippen molar-refractivity contribution in [3.63, 3.8) is 0 Å². The Morgan fingerprint density at radius 3 is 2.33 bits per heavy atom. The Morgan fingerprint density at radius 1 is 1.24 bits per heavy atom. The first-order chi connectivity index (χ1) is 9.69. The summed E-state index contributed by atoms with van der Waals surface area (Å²) in [6, 6.07) is -0.480. The highest BCUT2D eigenvalue weighted by atomic mass is 16.6. The predicted octanol–water partition coefficient (Wildman–Crippen LogP) is 2.22. The van der Waals surface area contributed by atoms with E-state index in [2.05, 4.69) is 17.6 Å². The molecule has 0 bridgehead atoms. The molecular weight excluding hydrogens is 272 g/mol. The van der Waals surface area contributed by atoms with Gasteiger partial charge in [0.2, 0.25) is 0 Å². The zero-order valence-electron chi connectivity index (χ0n) is 14.1. The van der Waals surface area contributed by atoms with Crippen LogP contribution in [0.3, 0.4) is 0 Å². The average Bonchev–Trinajstić information content (AvgIpc) is 2.35. The minimum atomic E-state index is -0.521. The monoisotopic (exact) mass is 302 g/mol. The van der Waals surface area contributed by atoms with Crippen LogP contribution in [0.1, 0.15) is 53.9 Å². The SMILES string of the molecule is CCCC[C@H](NC[C@@H](C)NC(=O)OC(C)(C)C)C(=O)OC. The highest BCUT2D eigenvalue weighted by Crippen LogP contribution is 2.07. The number of ether oxygens (including phenoxy) is 2. The van der Waals surface area contributed by atoms with Gasteiger partial charge in [0.25, 0.3) is 0 Å². The minimum Gasteiger partial charge on any atom is -0.468 e. The van der Waals surface area contributed by atoms with E-state index < -0.39 is 11.7 Å². The fourth-order valence-corrected chi connectivity index (χ4v) is 1.73. The average molecular weight is 302 g/mol. The van der Waals surface area contributed by atoms with E-state index >= 15 is 0 Å². The van der Waals surface area contributed by atoms with Crippen molar-refractivity contribution >= 4 is 12.1 Å². The second-order valence-corrected chi connectivity index (χ2v) is 6.17. The lowest BCUT2D eigenvalue weighted by atomic mass is 10.1. The minimum absolute atomic E-state index is 0.145. The van der Waals surface area contributed by atoms with E-state index in [1.165, 1.54) is 7.11 Å². The lowest BCUT2D eigenvalue weighted by molar-refractivity contribution is -0.143. The molecule has 0 heterocycles. The molecule has 2 N–H and O–H groups in total. The maximum absolute atomic E-state index is 11.6. The van der Waals surface area contributed by atoms with Gasteiger partial charge in [-0.2, -0.15) is 0 Å². The van der Waals surface area contributed by atoms with Crippen LogP contribution < -0.4 is 10.6 Å². The molecule has 2 atom stereocenters. The van der Waals surface area contributed by atoms with Crippen LogP contribution in [0.5, 0.6) is 0 Å². The molecule has 0 spiro atoms. The van der Waals surface area contributed by atoms with Crippen molar-refractivity contribution in [1.29, 1.82) is 0 Å². The van der Waals surface area contributed by atoms with Crippen molar-refractivity contribution in [3.8, 4) is 0 Å². The molecule has 0 saturated carbocycles. The van der Waals surface area contributed by atoms with Crippen molar-refractivity contribution in [2.45, 2.75) is 71.6 Å². The molecule has 6 nitrogen and oxygen atoms in total. The first-order valence-electron chi connectivity index (χ1n) is 7.50. The Balaban J connectivity index is 4.20. The van der Waals surface area contributed by atoms with Crippen LogP contribution in [0.4, 0.5) is 4.79 Å². The van der Waals surface area contributed by atoms with Crippen molar-refractivity contribution in [2.75, 3.05) is 13.7 Å². The molecule has 0 aliphatic rings. The van der Waals surface area contributed by atoms with E-state index in [1.807, 2.05) is 27.7 Å². The number of alkyl carbamates (subject to hydrolysis) is 1. The van der Waals surface area contributed by atoms with Crippen molar-refractivity contribution in [2.24, 2.45) is 0 Å². The van der Waals surface area contributed by atoms with Crippen LogP contribution in [0.25, 0.3) is 0 Å². The van der Waals surface area contributed by atoms with Gasteiger partial charge in [-0.1, -0.05) is 19.8 Å². The topological polar surface area (TPSA) is 76.7 Å². The molecule has 0 saturated heterocycles. The molecule has 0 aliphatic heterocycles. The van der Waals surface area contributed by atoms with Gasteiger partial charge in [-0.05, 0) is 34.1 Å². The molecule has 6 heteroatoms. The third kappa shape index (κ3) is 10.1. The number of rotatable bonds is 8. The van der Waals surface area contributed by atoms with Gasteiger partial charge in [0.1, 0.15) is 11.6 Å². The molecule has 0 fully saturated rings. The molecule has 0 rings (SSSR count). The van der Waals surface area contributed by atoms with Crippen molar-refractivity contribution in [3.05, 3.63) is 0 Å². The Morgan fingerprint density at radius 2 is 1.86 bits per heavy atom. The number of esters is 1. The lowest BCUT2D eigenvalue weighted by Crippen LogP contribution is -2.47. The highest BCUT2D eigenvalue weighted by Gasteiger charge is 2.21. The van der Waals surface area contributed by atoms with E-state index in [9.17, 15) is 9.59 Å². The standard InChI is InChI=1S/C15H30N2O4/c1-7-8-9-12(13(18)20-6)16-10-11(2)17-14(19)21-15(3,4)5/h11-12,16H,7-10H2,1-6H3,(H,17,19)/t11-,12+/m1/s1. The normalized spacial score (nSPS) is 14.2. The third-order valence-corrected chi connectivity index (χ3v) is 2.77. The van der Waals surface area contributed by atoms with Gasteiger partial charge in [-0.3, -0.25) is 4.79 Å². The molecule has 0 aromatic rings. The number of carbonyl (C=O) groups excluding carboxylic acids is 2. The van der Waals surface area contributed by atoms with E-state index in [0.29, 0.717) is 6.54 Å². The van der Waals surface area contributed by atoms with Crippen LogP contribution in [0.15, 0.2) is 0 Å². The number of nitrogens with one attached hydrogen (secondary N) is 2. The Bertz CT molecular complexity index is 326. The Labute approximate surface area is 127 Å². The third-order valence-electron chi connectivity index (χ3n) is 2.77. The summed E-state index contributed by atoms with van der Waals surface area (Å²) in [5.74, 6) is -0.270. The Hall–Kier alpha value is -1.30. The van der Waals surface area contributed by atoms with E-state index in [4.69, 9.17) is 9.47 Å². The number of amides is 1. The molecule has 0 unspecified atom stereocenters. The second-order valence-electron chi connectivity index (χ2n) is 6.17. The molecule has 1 amide bonds. The summed E-state index contributed by atoms with van der Waals surface area (Å²) < 4.78 is 9.95. The molecular formula is C15H30N2O4. The maximum Gasteiger partial charge on any atom is 0.407 e. The number of carbonyl (C=O) groups is 2. The highest BCUT2D eigenvalue weighted by molar-refractivity contribution is 5.75. The van der Waals surface area contributed by atoms with Crippen LogP contribution in [0, 0.1) is 0 Å². The fraction of sp³-hybridized carbons (Fsp3) is 0.867. The smallest absolute Gasteiger partial charge is 0.407 e. The van der Waals surface area contributed by atoms with Crippen LogP contribution in [-0.2, 0) is 14.3 Å². The summed E-state index contributed by atoms with van der Waals surface area (Å²) >= 11 is 0. The fourth-order valence-electron chi connectivity index (χ4n) is 1.73. The Kier molecular flexibility index (Phi) is 9.01. The predicted molar refractivity (Wildman–Crippen MR) is 82.2 cm³/mol. The number of hydrogen-bond donors (Lipinski definition) is 2. The van der Waals surface area contributed by atoms with Crippen molar-refractivity contribution < 1.29 is 19.1 Å². The summed E-state index contributed by atoms with van der Waals surface area (Å²) in [6.07, 6.45) is 2.23. The maximum atomic E-state index is 11.6. The van der Waals surface area contributed by atoms with Crippen LogP contribution in [0.2, 0.25) is 0 Å². The second kappa shape index (κ2) is 9.60. The van der Waals surface area contributed by atoms with Gasteiger partial charge in [0.05, 0.1) is 7.11 Å². The van der Waals surface area contributed by atoms with Gasteiger partial charge in [0.15, 0.2) is 0 Å². The summed E-state index contributed by atoms with van der Waals surface area (Å²) in [5.41, 5.74) is -0.521. The van der Waals surface area contributed by atoms with Crippen molar-refractivity contribution in [1.82, 2.24) is 10.6 Å². The molecule has 21 heavy (non-hydrogen) atoms. The van der Waals surface area contributed by atoms with Crippen LogP contribution in [-0.4, -0.2) is 43.4 Å². The zero-order chi connectivity index (χ0) is 16.5. The summed E-state index contributed by atoms with van der Waals surface area (Å²) in [5, 5.41) is 5.86. The van der Waals surface area contributed by atoms with Gasteiger partial charge in [-0.15, -0.1) is 0 Å². The number of unbranched alkanes of at least 4 members (excludes halogenated alkanes) is 1. The van der Waals surface area contributed by atoms with Gasteiger partial charge < -0.3 is 20.1 Å². The van der Waals surface area contributed by atoms with E-state index in [0.717, 1.165) is 19.3 Å². The molecule has 0 aromatic carbocycles. The summed E-state index contributed by atoms with van der Waals surface area (Å²) in [4.78, 5) is 23.3. The lowest BCUT2D eigenvalue weighted by Gasteiger charge is -2.23. The molecule has 0 radical (unpaired) electrons. The van der Waals surface area contributed by atoms with Crippen LogP contribution >= 0.6 is 0 Å². The molecule has 0 aromatic heterocycles. The molecule has 0 aliphatic carbocycles. The molecule has 124 valence electrons. The first kappa shape index (κ1) is 19.7. The summed E-state index contributed by atoms with van der Waals surface area (Å²) in [7, 11) is 1.38. The van der Waals surface area contributed by atoms with Gasteiger partial charge in [-0.25, -0.2) is 4.79 Å². The van der Waals surface area contributed by atoms with Gasteiger partial charge in [0, 0.05) is 12.6 Å². The van der Waals surface area contributed by atoms with Gasteiger partial charge >= 0.3 is 12.1 Å². The quantitative estimate of drug-likeness (QED) is 0.672. The number of hydrogen-bond acceptors (Lipinski definition) is 5. The summed E-state index contributed by atoms with van der Waals surface area (Å²) in [6.45, 7) is 9.84. The zero-order valence-corrected chi connectivity index (χ0v) is 14.1. The first-order valence-corrected chi connectivity index (χ1v) is 7.50. The largest absolute Gasteiger partial charge is 0.468 e.